The van der Waals surface area contributed by atoms with Crippen molar-refractivity contribution in [3.63, 3.8) is 0 Å². The Morgan fingerprint density at radius 3 is 1.73 bits per heavy atom. The average molecular weight is 528 g/mol. The minimum Gasteiger partial charge on any atom is -0.399 e. The number of hydrogen-bond donors (Lipinski definition) is 0. The minimum atomic E-state index is -3.86. The summed E-state index contributed by atoms with van der Waals surface area (Å²) >= 11 is 0. The molecule has 0 radical (unpaired) electrons. The van der Waals surface area contributed by atoms with Crippen LogP contribution in [0.3, 0.4) is 0 Å². The molecule has 37 heavy (non-hydrogen) atoms. The maximum Gasteiger partial charge on any atom is 0.264 e. The fourth-order valence-electron chi connectivity index (χ4n) is 3.56. The van der Waals surface area contributed by atoms with Gasteiger partial charge in [0.25, 0.3) is 10.1 Å². The fourth-order valence-corrected chi connectivity index (χ4v) is 4.17. The SMILES string of the molecule is CO/N=C/[C@@H](OCc1ccccc1)[C@H](OCc1ccccc1)[C@@H](COCc1ccccc1)OS(C)(=O)=O. The van der Waals surface area contributed by atoms with Crippen molar-refractivity contribution in [1.29, 1.82) is 0 Å². The van der Waals surface area contributed by atoms with Gasteiger partial charge < -0.3 is 19.0 Å². The summed E-state index contributed by atoms with van der Waals surface area (Å²) in [7, 11) is -2.44. The van der Waals surface area contributed by atoms with Gasteiger partial charge in [0.2, 0.25) is 0 Å². The van der Waals surface area contributed by atoms with Crippen molar-refractivity contribution in [2.45, 2.75) is 38.1 Å². The third-order valence-corrected chi connectivity index (χ3v) is 5.86. The second-order valence-corrected chi connectivity index (χ2v) is 9.90. The maximum absolute atomic E-state index is 12.2. The highest BCUT2D eigenvalue weighted by Gasteiger charge is 2.34. The van der Waals surface area contributed by atoms with Crippen molar-refractivity contribution in [2.75, 3.05) is 20.0 Å². The van der Waals surface area contributed by atoms with E-state index in [2.05, 4.69) is 5.16 Å². The summed E-state index contributed by atoms with van der Waals surface area (Å²) in [5.74, 6) is 0. The van der Waals surface area contributed by atoms with Crippen LogP contribution in [0.4, 0.5) is 0 Å². The highest BCUT2D eigenvalue weighted by molar-refractivity contribution is 7.86. The summed E-state index contributed by atoms with van der Waals surface area (Å²) in [6, 6.07) is 28.7. The van der Waals surface area contributed by atoms with Crippen LogP contribution >= 0.6 is 0 Å². The van der Waals surface area contributed by atoms with Crippen LogP contribution in [0.15, 0.2) is 96.2 Å². The molecule has 3 rings (SSSR count). The van der Waals surface area contributed by atoms with E-state index in [9.17, 15) is 8.42 Å². The van der Waals surface area contributed by atoms with E-state index in [4.69, 9.17) is 23.2 Å². The van der Waals surface area contributed by atoms with E-state index >= 15 is 0 Å². The zero-order chi connectivity index (χ0) is 26.3. The first-order chi connectivity index (χ1) is 17.9. The predicted octanol–water partition coefficient (Wildman–Crippen LogP) is 4.35. The van der Waals surface area contributed by atoms with E-state index in [0.29, 0.717) is 0 Å². The van der Waals surface area contributed by atoms with E-state index in [1.54, 1.807) is 0 Å². The zero-order valence-electron chi connectivity index (χ0n) is 21.0. The standard InChI is InChI=1S/C28H33NO7S/c1-32-29-18-26(34-20-24-14-8-4-9-15-24)28(35-21-25-16-10-5-11-17-25)27(36-37(2,30)31)22-33-19-23-12-6-3-7-13-23/h3-18,26-28H,19-22H2,1-2H3/b29-18+/t26-,27-,28+/m1/s1. The molecule has 0 unspecified atom stereocenters. The van der Waals surface area contributed by atoms with Gasteiger partial charge in [0, 0.05) is 0 Å². The predicted molar refractivity (Wildman–Crippen MR) is 141 cm³/mol. The first-order valence-electron chi connectivity index (χ1n) is 11.8. The lowest BCUT2D eigenvalue weighted by Crippen LogP contribution is -2.46. The molecule has 9 heteroatoms. The van der Waals surface area contributed by atoms with E-state index in [-0.39, 0.29) is 26.4 Å². The van der Waals surface area contributed by atoms with Crippen LogP contribution in [0.1, 0.15) is 16.7 Å². The van der Waals surface area contributed by atoms with Gasteiger partial charge in [-0.1, -0.05) is 96.2 Å². The van der Waals surface area contributed by atoms with Gasteiger partial charge in [-0.25, -0.2) is 0 Å². The number of ether oxygens (including phenoxy) is 3. The largest absolute Gasteiger partial charge is 0.399 e. The minimum absolute atomic E-state index is 0.0621. The highest BCUT2D eigenvalue weighted by Crippen LogP contribution is 2.19. The number of rotatable bonds is 16. The van der Waals surface area contributed by atoms with Gasteiger partial charge in [-0.15, -0.1) is 0 Å². The molecule has 198 valence electrons. The summed E-state index contributed by atoms with van der Waals surface area (Å²) in [6.07, 6.45) is -0.293. The first-order valence-corrected chi connectivity index (χ1v) is 13.6. The Morgan fingerprint density at radius 2 is 1.24 bits per heavy atom. The normalized spacial score (nSPS) is 14.3. The molecule has 0 bridgehead atoms. The topological polar surface area (TPSA) is 92.7 Å². The van der Waals surface area contributed by atoms with Crippen LogP contribution < -0.4 is 0 Å². The van der Waals surface area contributed by atoms with E-state index < -0.39 is 28.4 Å². The summed E-state index contributed by atoms with van der Waals surface area (Å²) in [5.41, 5.74) is 2.78. The van der Waals surface area contributed by atoms with Gasteiger partial charge in [0.15, 0.2) is 0 Å². The highest BCUT2D eigenvalue weighted by atomic mass is 32.2. The molecule has 3 aromatic rings. The third kappa shape index (κ3) is 10.8. The quantitative estimate of drug-likeness (QED) is 0.155. The summed E-state index contributed by atoms with van der Waals surface area (Å²) in [6.45, 7) is 0.647. The fraction of sp³-hybridized carbons (Fsp3) is 0.321. The summed E-state index contributed by atoms with van der Waals surface area (Å²) in [4.78, 5) is 4.90. The Kier molecular flexibility index (Phi) is 11.7. The van der Waals surface area contributed by atoms with Crippen LogP contribution in [0.2, 0.25) is 0 Å². The molecular weight excluding hydrogens is 494 g/mol. The lowest BCUT2D eigenvalue weighted by atomic mass is 10.1. The average Bonchev–Trinajstić information content (AvgIpc) is 2.90. The first kappa shape index (κ1) is 28.5. The molecule has 0 aliphatic rings. The van der Waals surface area contributed by atoms with Gasteiger partial charge >= 0.3 is 0 Å². The van der Waals surface area contributed by atoms with Crippen LogP contribution in [-0.2, 0) is 53.2 Å². The van der Waals surface area contributed by atoms with E-state index in [1.807, 2.05) is 91.0 Å². The molecular formula is C28H33NO7S. The maximum atomic E-state index is 12.2. The lowest BCUT2D eigenvalue weighted by molar-refractivity contribution is -0.118. The Balaban J connectivity index is 1.85. The van der Waals surface area contributed by atoms with Crippen molar-refractivity contribution in [2.24, 2.45) is 5.16 Å². The third-order valence-electron chi connectivity index (χ3n) is 5.27. The van der Waals surface area contributed by atoms with Crippen LogP contribution in [0.25, 0.3) is 0 Å². The molecule has 3 aromatic carbocycles. The lowest BCUT2D eigenvalue weighted by Gasteiger charge is -2.31. The molecule has 0 aromatic heterocycles. The van der Waals surface area contributed by atoms with Crippen molar-refractivity contribution in [1.82, 2.24) is 0 Å². The zero-order valence-corrected chi connectivity index (χ0v) is 21.8. The summed E-state index contributed by atoms with van der Waals surface area (Å²) in [5, 5.41) is 3.89. The molecule has 0 fully saturated rings. The monoisotopic (exact) mass is 527 g/mol. The smallest absolute Gasteiger partial charge is 0.264 e. The molecule has 0 N–H and O–H groups in total. The molecule has 8 nitrogen and oxygen atoms in total. The van der Waals surface area contributed by atoms with Crippen molar-refractivity contribution >= 4 is 16.3 Å². The Bertz CT molecular complexity index is 1160. The van der Waals surface area contributed by atoms with Crippen molar-refractivity contribution in [3.05, 3.63) is 108 Å². The molecule has 0 spiro atoms. The molecule has 0 saturated carbocycles. The van der Waals surface area contributed by atoms with Crippen molar-refractivity contribution < 1.29 is 31.6 Å². The van der Waals surface area contributed by atoms with Gasteiger partial charge in [0.1, 0.15) is 25.4 Å². The second kappa shape index (κ2) is 15.2. The Labute approximate surface area is 218 Å². The molecule has 0 saturated heterocycles. The van der Waals surface area contributed by atoms with Gasteiger partial charge in [-0.3, -0.25) is 4.18 Å². The number of oxime groups is 1. The number of hydrogen-bond acceptors (Lipinski definition) is 8. The summed E-state index contributed by atoms with van der Waals surface area (Å²) < 4.78 is 48.2. The number of nitrogens with zero attached hydrogens (tertiary/aromatic N) is 1. The Morgan fingerprint density at radius 1 is 0.757 bits per heavy atom. The Hall–Kier alpha value is -3.08. The van der Waals surface area contributed by atoms with Crippen LogP contribution in [0.5, 0.6) is 0 Å². The van der Waals surface area contributed by atoms with E-state index in [1.165, 1.54) is 13.3 Å². The number of benzene rings is 3. The van der Waals surface area contributed by atoms with Crippen LogP contribution in [-0.4, -0.2) is 52.9 Å². The second-order valence-electron chi connectivity index (χ2n) is 8.30. The van der Waals surface area contributed by atoms with Gasteiger partial charge in [-0.05, 0) is 16.7 Å². The molecule has 0 amide bonds. The van der Waals surface area contributed by atoms with Crippen molar-refractivity contribution in [3.8, 4) is 0 Å². The van der Waals surface area contributed by atoms with Crippen LogP contribution in [0, 0.1) is 0 Å². The molecule has 0 aliphatic carbocycles. The van der Waals surface area contributed by atoms with Gasteiger partial charge in [0.05, 0.1) is 38.9 Å². The van der Waals surface area contributed by atoms with E-state index in [0.717, 1.165) is 22.9 Å². The van der Waals surface area contributed by atoms with Gasteiger partial charge in [-0.2, -0.15) is 8.42 Å². The molecule has 3 atom stereocenters. The molecule has 0 heterocycles. The molecule has 0 aliphatic heterocycles.